The predicted molar refractivity (Wildman–Crippen MR) is 117 cm³/mol. The number of carbonyl (C=O) groups excluding carboxylic acids is 1. The fourth-order valence-electron chi connectivity index (χ4n) is 3.19. The van der Waals surface area contributed by atoms with E-state index in [0.29, 0.717) is 11.3 Å². The Bertz CT molecular complexity index is 1070. The molecule has 2 heterocycles. The molecule has 1 aliphatic rings. The average molecular weight is 389 g/mol. The van der Waals surface area contributed by atoms with Gasteiger partial charge in [0, 0.05) is 24.6 Å². The highest BCUT2D eigenvalue weighted by atomic mass is 16.5. The van der Waals surface area contributed by atoms with Crippen molar-refractivity contribution in [3.63, 3.8) is 0 Å². The lowest BCUT2D eigenvalue weighted by Gasteiger charge is -2.06. The summed E-state index contributed by atoms with van der Waals surface area (Å²) in [5, 5.41) is 9.92. The van der Waals surface area contributed by atoms with Crippen molar-refractivity contribution in [2.45, 2.75) is 6.92 Å². The molecule has 6 heteroatoms. The summed E-state index contributed by atoms with van der Waals surface area (Å²) >= 11 is 0. The summed E-state index contributed by atoms with van der Waals surface area (Å²) in [7, 11) is 2.60. The van der Waals surface area contributed by atoms with Crippen LogP contribution in [0, 0.1) is 0 Å². The number of H-pyrrole nitrogens is 1. The summed E-state index contributed by atoms with van der Waals surface area (Å²) in [6.45, 7) is 1.97. The molecule has 1 aromatic heterocycles. The number of hydrogen-bond donors (Lipinski definition) is 3. The monoisotopic (exact) mass is 389 g/mol. The lowest BCUT2D eigenvalue weighted by atomic mass is 10.0. The van der Waals surface area contributed by atoms with Crippen molar-refractivity contribution < 1.29 is 14.6 Å². The standard InChI is InChI=1S/C22H19N3O2.CH4O/c1-14(15-7-4-3-5-8-15)24-17-9-6-10-18-21(17)16(22(26)25-18)13-19-20(27-2)11-12-23-19;1-2/h3-13,23H,1-2H3,(H,25,26);2H,1H3/b16-13-,24-14?;. The van der Waals surface area contributed by atoms with Crippen LogP contribution in [0.3, 0.4) is 0 Å². The number of carbonyl (C=O) groups is 1. The molecule has 4 rings (SSSR count). The number of amides is 1. The molecule has 3 N–H and O–H groups in total. The number of benzene rings is 2. The van der Waals surface area contributed by atoms with Crippen LogP contribution in [0.15, 0.2) is 65.8 Å². The summed E-state index contributed by atoms with van der Waals surface area (Å²) < 4.78 is 5.34. The van der Waals surface area contributed by atoms with E-state index in [2.05, 4.69) is 10.3 Å². The van der Waals surface area contributed by atoms with Crippen LogP contribution in [0.25, 0.3) is 11.6 Å². The maximum atomic E-state index is 12.6. The Kier molecular flexibility index (Phi) is 6.26. The fourth-order valence-corrected chi connectivity index (χ4v) is 3.19. The van der Waals surface area contributed by atoms with Gasteiger partial charge in [0.2, 0.25) is 0 Å². The predicted octanol–water partition coefficient (Wildman–Crippen LogP) is 4.27. The number of anilines is 1. The second-order valence-corrected chi connectivity index (χ2v) is 6.23. The minimum Gasteiger partial charge on any atom is -0.495 e. The second kappa shape index (κ2) is 9.03. The third kappa shape index (κ3) is 4.12. The van der Waals surface area contributed by atoms with Crippen LogP contribution in [-0.2, 0) is 4.79 Å². The van der Waals surface area contributed by atoms with E-state index in [1.54, 1.807) is 19.4 Å². The minimum absolute atomic E-state index is 0.151. The molecule has 0 saturated heterocycles. The summed E-state index contributed by atoms with van der Waals surface area (Å²) in [4.78, 5) is 20.5. The Morgan fingerprint density at radius 1 is 1.07 bits per heavy atom. The van der Waals surface area contributed by atoms with Crippen molar-refractivity contribution in [3.8, 4) is 5.75 Å². The van der Waals surface area contributed by atoms with E-state index in [0.717, 1.165) is 41.0 Å². The summed E-state index contributed by atoms with van der Waals surface area (Å²) in [6, 6.07) is 17.5. The van der Waals surface area contributed by atoms with Gasteiger partial charge in [0.05, 0.1) is 29.8 Å². The number of aromatic amines is 1. The molecular formula is C23H23N3O3. The van der Waals surface area contributed by atoms with E-state index >= 15 is 0 Å². The summed E-state index contributed by atoms with van der Waals surface area (Å²) in [5.41, 5.74) is 5.56. The van der Waals surface area contributed by atoms with E-state index in [1.807, 2.05) is 61.5 Å². The molecule has 29 heavy (non-hydrogen) atoms. The molecule has 2 aromatic carbocycles. The van der Waals surface area contributed by atoms with Crippen LogP contribution in [0.5, 0.6) is 5.75 Å². The van der Waals surface area contributed by atoms with Gasteiger partial charge in [0.1, 0.15) is 5.75 Å². The van der Waals surface area contributed by atoms with Gasteiger partial charge in [-0.3, -0.25) is 9.79 Å². The molecule has 0 fully saturated rings. The van der Waals surface area contributed by atoms with Gasteiger partial charge in [-0.05, 0) is 36.8 Å². The van der Waals surface area contributed by atoms with Gasteiger partial charge in [0.25, 0.3) is 5.91 Å². The molecule has 148 valence electrons. The zero-order valence-corrected chi connectivity index (χ0v) is 16.6. The summed E-state index contributed by atoms with van der Waals surface area (Å²) in [6.07, 6.45) is 3.58. The molecule has 1 aliphatic heterocycles. The van der Waals surface area contributed by atoms with E-state index in [9.17, 15) is 4.79 Å². The molecule has 3 aromatic rings. The Hall–Kier alpha value is -3.64. The largest absolute Gasteiger partial charge is 0.495 e. The number of aliphatic hydroxyl groups is 1. The number of nitrogens with one attached hydrogen (secondary N) is 2. The number of nitrogens with zero attached hydrogens (tertiary/aromatic N) is 1. The maximum absolute atomic E-state index is 12.6. The van der Waals surface area contributed by atoms with Gasteiger partial charge >= 0.3 is 0 Å². The minimum atomic E-state index is -0.151. The Balaban J connectivity index is 0.00000117. The third-order valence-corrected chi connectivity index (χ3v) is 4.53. The van der Waals surface area contributed by atoms with Crippen molar-refractivity contribution >= 4 is 34.6 Å². The third-order valence-electron chi connectivity index (χ3n) is 4.53. The van der Waals surface area contributed by atoms with Gasteiger partial charge in [-0.25, -0.2) is 0 Å². The number of aliphatic imine (C=N–C) groups is 1. The molecular weight excluding hydrogens is 366 g/mol. The van der Waals surface area contributed by atoms with Gasteiger partial charge in [0.15, 0.2) is 0 Å². The van der Waals surface area contributed by atoms with Gasteiger partial charge in [-0.2, -0.15) is 0 Å². The van der Waals surface area contributed by atoms with Crippen LogP contribution in [0.2, 0.25) is 0 Å². The molecule has 0 saturated carbocycles. The first kappa shape index (κ1) is 20.1. The van der Waals surface area contributed by atoms with Crippen LogP contribution in [0.4, 0.5) is 11.4 Å². The Morgan fingerprint density at radius 2 is 1.83 bits per heavy atom. The SMILES string of the molecule is CO.COc1cc[nH]c1/C=C1\C(=O)Nc2cccc(N=C(C)c3ccccc3)c21. The van der Waals surface area contributed by atoms with Crippen LogP contribution >= 0.6 is 0 Å². The van der Waals surface area contributed by atoms with Gasteiger partial charge in [-0.15, -0.1) is 0 Å². The van der Waals surface area contributed by atoms with Gasteiger partial charge in [-0.1, -0.05) is 36.4 Å². The summed E-state index contributed by atoms with van der Waals surface area (Å²) in [5.74, 6) is 0.534. The van der Waals surface area contributed by atoms with E-state index in [1.165, 1.54) is 0 Å². The topological polar surface area (TPSA) is 86.7 Å². The Labute approximate surface area is 169 Å². The number of fused-ring (bicyclic) bond motifs is 1. The quantitative estimate of drug-likeness (QED) is 0.460. The lowest BCUT2D eigenvalue weighted by molar-refractivity contribution is -0.110. The maximum Gasteiger partial charge on any atom is 0.256 e. The van der Waals surface area contributed by atoms with E-state index in [-0.39, 0.29) is 5.91 Å². The number of ether oxygens (including phenoxy) is 1. The number of hydrogen-bond acceptors (Lipinski definition) is 4. The molecule has 6 nitrogen and oxygen atoms in total. The number of methoxy groups -OCH3 is 1. The van der Waals surface area contributed by atoms with Crippen LogP contribution in [-0.4, -0.2) is 35.9 Å². The van der Waals surface area contributed by atoms with Crippen molar-refractivity contribution in [3.05, 3.63) is 77.6 Å². The molecule has 0 spiro atoms. The molecule has 0 radical (unpaired) electrons. The lowest BCUT2D eigenvalue weighted by Crippen LogP contribution is -2.03. The fraction of sp³-hybridized carbons (Fsp3) is 0.130. The normalized spacial score (nSPS) is 14.1. The average Bonchev–Trinajstić information content (AvgIpc) is 3.34. The van der Waals surface area contributed by atoms with E-state index < -0.39 is 0 Å². The van der Waals surface area contributed by atoms with Crippen LogP contribution in [0.1, 0.15) is 23.7 Å². The highest BCUT2D eigenvalue weighted by Crippen LogP contribution is 2.40. The number of rotatable bonds is 4. The van der Waals surface area contributed by atoms with Crippen molar-refractivity contribution in [1.82, 2.24) is 4.98 Å². The molecule has 0 atom stereocenters. The second-order valence-electron chi connectivity index (χ2n) is 6.23. The van der Waals surface area contributed by atoms with Crippen molar-refractivity contribution in [2.75, 3.05) is 19.5 Å². The van der Waals surface area contributed by atoms with Crippen LogP contribution < -0.4 is 10.1 Å². The molecule has 0 aliphatic carbocycles. The highest BCUT2D eigenvalue weighted by Gasteiger charge is 2.27. The van der Waals surface area contributed by atoms with E-state index in [4.69, 9.17) is 14.8 Å². The number of aliphatic hydroxyl groups excluding tert-OH is 1. The first-order chi connectivity index (χ1) is 14.2. The zero-order valence-electron chi connectivity index (χ0n) is 16.6. The molecule has 0 bridgehead atoms. The van der Waals surface area contributed by atoms with Crippen molar-refractivity contribution in [2.24, 2.45) is 4.99 Å². The zero-order chi connectivity index (χ0) is 20.8. The first-order valence-corrected chi connectivity index (χ1v) is 9.10. The Morgan fingerprint density at radius 3 is 2.55 bits per heavy atom. The smallest absolute Gasteiger partial charge is 0.256 e. The first-order valence-electron chi connectivity index (χ1n) is 9.10. The van der Waals surface area contributed by atoms with Gasteiger partial charge < -0.3 is 20.1 Å². The number of aromatic nitrogens is 1. The molecule has 0 unspecified atom stereocenters. The molecule has 1 amide bonds. The highest BCUT2D eigenvalue weighted by molar-refractivity contribution is 6.36. The van der Waals surface area contributed by atoms with Crippen molar-refractivity contribution in [1.29, 1.82) is 0 Å².